The van der Waals surface area contributed by atoms with Crippen LogP contribution in [0.25, 0.3) is 0 Å². The summed E-state index contributed by atoms with van der Waals surface area (Å²) < 4.78 is 10.8. The highest BCUT2D eigenvalue weighted by atomic mass is 16.5. The Morgan fingerprint density at radius 2 is 1.65 bits per heavy atom. The van der Waals surface area contributed by atoms with E-state index < -0.39 is 24.4 Å². The van der Waals surface area contributed by atoms with E-state index in [1.807, 2.05) is 0 Å². The third kappa shape index (κ3) is 4.90. The second-order valence-electron chi connectivity index (χ2n) is 6.87. The first-order valence-electron chi connectivity index (χ1n) is 8.97. The average molecular weight is 375 g/mol. The van der Waals surface area contributed by atoms with Gasteiger partial charge in [-0.15, -0.1) is 0 Å². The number of rotatable bonds is 6. The molecule has 2 aliphatic heterocycles. The first-order valence-corrected chi connectivity index (χ1v) is 8.97. The van der Waals surface area contributed by atoms with Crippen LogP contribution in [0.1, 0.15) is 0 Å². The minimum Gasteiger partial charge on any atom is -0.478 e. The third-order valence-corrected chi connectivity index (χ3v) is 5.43. The van der Waals surface area contributed by atoms with Crippen LogP contribution in [0.5, 0.6) is 0 Å². The van der Waals surface area contributed by atoms with Gasteiger partial charge in [0.25, 0.3) is 6.23 Å². The molecule has 0 saturated carbocycles. The smallest absolute Gasteiger partial charge is 0.392 e. The van der Waals surface area contributed by atoms with Gasteiger partial charge in [0.2, 0.25) is 6.23 Å². The Balaban J connectivity index is 2.34. The van der Waals surface area contributed by atoms with Gasteiger partial charge in [-0.25, -0.2) is 9.59 Å². The summed E-state index contributed by atoms with van der Waals surface area (Å²) >= 11 is 0. The summed E-state index contributed by atoms with van der Waals surface area (Å²) in [6.07, 6.45) is -2.02. The standard InChI is InChI=1S/C16H30N4O6/c1-25-13(15(21)22)19-7-6-18-5-3-17-4-10-20(11-8-18,12-9-19)14(26-2)16(23)24/h13-14,17H,3-12H2,1-2H3,(H-,21,22,23,24)/p+1. The lowest BCUT2D eigenvalue weighted by molar-refractivity contribution is -0.960. The molecule has 10 nitrogen and oxygen atoms in total. The first kappa shape index (κ1) is 21.0. The van der Waals surface area contributed by atoms with E-state index in [1.165, 1.54) is 14.2 Å². The second-order valence-corrected chi connectivity index (χ2v) is 6.87. The molecule has 2 saturated heterocycles. The number of nitrogens with one attached hydrogen (secondary N) is 1. The predicted octanol–water partition coefficient (Wildman–Crippen LogP) is -1.86. The van der Waals surface area contributed by atoms with Crippen molar-refractivity contribution in [2.75, 3.05) is 79.7 Å². The zero-order chi connectivity index (χ0) is 19.2. The quantitative estimate of drug-likeness (QED) is 0.460. The molecule has 2 bridgehead atoms. The fraction of sp³-hybridized carbons (Fsp3) is 0.875. The van der Waals surface area contributed by atoms with Gasteiger partial charge >= 0.3 is 11.9 Å². The van der Waals surface area contributed by atoms with Crippen LogP contribution in [-0.2, 0) is 19.1 Å². The molecule has 3 N–H and O–H groups in total. The Kier molecular flexibility index (Phi) is 7.74. The molecule has 0 amide bonds. The molecule has 0 radical (unpaired) electrons. The fourth-order valence-electron chi connectivity index (χ4n) is 3.94. The molecule has 0 aromatic heterocycles. The highest BCUT2D eigenvalue weighted by Gasteiger charge is 2.44. The molecule has 0 aromatic rings. The van der Waals surface area contributed by atoms with E-state index in [0.717, 1.165) is 19.6 Å². The normalized spacial score (nSPS) is 30.8. The molecule has 26 heavy (non-hydrogen) atoms. The van der Waals surface area contributed by atoms with Crippen molar-refractivity contribution in [2.24, 2.45) is 0 Å². The Bertz CT molecular complexity index is 493. The van der Waals surface area contributed by atoms with Gasteiger partial charge in [-0.05, 0) is 0 Å². The number of hydrogen-bond acceptors (Lipinski definition) is 7. The summed E-state index contributed by atoms with van der Waals surface area (Å²) in [5.41, 5.74) is 0. The number of carboxylic acid groups (broad SMARTS) is 2. The molecular formula is C16H31N4O6+. The van der Waals surface area contributed by atoms with Gasteiger partial charge in [-0.3, -0.25) is 14.3 Å². The van der Waals surface area contributed by atoms with Crippen LogP contribution in [0.4, 0.5) is 0 Å². The summed E-state index contributed by atoms with van der Waals surface area (Å²) in [4.78, 5) is 27.4. The summed E-state index contributed by atoms with van der Waals surface area (Å²) in [7, 11) is 2.80. The van der Waals surface area contributed by atoms with E-state index in [1.54, 1.807) is 4.90 Å². The second kappa shape index (κ2) is 9.58. The van der Waals surface area contributed by atoms with Crippen LogP contribution in [0.15, 0.2) is 0 Å². The largest absolute Gasteiger partial charge is 0.478 e. The van der Waals surface area contributed by atoms with Gasteiger partial charge in [-0.1, -0.05) is 0 Å². The van der Waals surface area contributed by atoms with Gasteiger partial charge in [0.05, 0.1) is 26.2 Å². The highest BCUT2D eigenvalue weighted by Crippen LogP contribution is 2.19. The van der Waals surface area contributed by atoms with Crippen molar-refractivity contribution in [1.82, 2.24) is 15.1 Å². The molecule has 2 heterocycles. The fourth-order valence-corrected chi connectivity index (χ4v) is 3.94. The predicted molar refractivity (Wildman–Crippen MR) is 92.6 cm³/mol. The molecule has 10 heteroatoms. The number of carbonyl (C=O) groups is 2. The molecule has 4 unspecified atom stereocenters. The SMILES string of the molecule is COC(C(=O)O)N1CCN2CCNCC[N+](C(OC)C(=O)O)(CC2)CC1. The van der Waals surface area contributed by atoms with Crippen molar-refractivity contribution in [1.29, 1.82) is 0 Å². The molecule has 2 rings (SSSR count). The minimum atomic E-state index is -1.04. The van der Waals surface area contributed by atoms with Crippen molar-refractivity contribution in [3.8, 4) is 0 Å². The Morgan fingerprint density at radius 3 is 2.27 bits per heavy atom. The van der Waals surface area contributed by atoms with E-state index in [9.17, 15) is 19.8 Å². The van der Waals surface area contributed by atoms with Gasteiger partial charge in [-0.2, -0.15) is 0 Å². The zero-order valence-electron chi connectivity index (χ0n) is 15.6. The molecule has 2 fully saturated rings. The summed E-state index contributed by atoms with van der Waals surface area (Å²) in [6.45, 7) is 6.50. The molecule has 0 aromatic carbocycles. The Labute approximate surface area is 153 Å². The lowest BCUT2D eigenvalue weighted by Gasteiger charge is -2.42. The van der Waals surface area contributed by atoms with E-state index in [2.05, 4.69) is 10.2 Å². The van der Waals surface area contributed by atoms with E-state index in [0.29, 0.717) is 45.8 Å². The van der Waals surface area contributed by atoms with Gasteiger partial charge in [0, 0.05) is 53.5 Å². The minimum absolute atomic E-state index is 0.252. The topological polar surface area (TPSA) is 112 Å². The number of hydrogen-bond donors (Lipinski definition) is 3. The lowest BCUT2D eigenvalue weighted by Crippen LogP contribution is -2.64. The van der Waals surface area contributed by atoms with Crippen LogP contribution in [0.3, 0.4) is 0 Å². The van der Waals surface area contributed by atoms with Gasteiger partial charge < -0.3 is 25.0 Å². The molecule has 0 spiro atoms. The Hall–Kier alpha value is -1.30. The van der Waals surface area contributed by atoms with E-state index >= 15 is 0 Å². The molecule has 2 aliphatic rings. The number of methoxy groups -OCH3 is 2. The number of ether oxygens (including phenoxy) is 2. The van der Waals surface area contributed by atoms with Crippen molar-refractivity contribution in [3.05, 3.63) is 0 Å². The van der Waals surface area contributed by atoms with Gasteiger partial charge in [0.1, 0.15) is 0 Å². The number of nitrogens with zero attached hydrogens (tertiary/aromatic N) is 3. The highest BCUT2D eigenvalue weighted by molar-refractivity contribution is 5.71. The number of fused-ring (bicyclic) bond motifs is 3. The number of quaternary nitrogens is 1. The van der Waals surface area contributed by atoms with Crippen molar-refractivity contribution >= 4 is 11.9 Å². The van der Waals surface area contributed by atoms with Crippen molar-refractivity contribution in [3.63, 3.8) is 0 Å². The molecule has 0 aliphatic carbocycles. The van der Waals surface area contributed by atoms with E-state index in [-0.39, 0.29) is 4.48 Å². The van der Waals surface area contributed by atoms with Crippen molar-refractivity contribution in [2.45, 2.75) is 12.5 Å². The van der Waals surface area contributed by atoms with Crippen LogP contribution in [0, 0.1) is 0 Å². The van der Waals surface area contributed by atoms with Gasteiger partial charge in [0.15, 0.2) is 0 Å². The Morgan fingerprint density at radius 1 is 0.923 bits per heavy atom. The van der Waals surface area contributed by atoms with Crippen LogP contribution in [0.2, 0.25) is 0 Å². The maximum absolute atomic E-state index is 11.9. The van der Waals surface area contributed by atoms with Crippen molar-refractivity contribution < 1.29 is 33.8 Å². The summed E-state index contributed by atoms with van der Waals surface area (Å²) in [5, 5.41) is 22.5. The summed E-state index contributed by atoms with van der Waals surface area (Å²) in [5.74, 6) is -2.03. The van der Waals surface area contributed by atoms with Crippen LogP contribution < -0.4 is 5.32 Å². The number of aliphatic carboxylic acids is 2. The molecule has 4 atom stereocenters. The maximum Gasteiger partial charge on any atom is 0.392 e. The maximum atomic E-state index is 11.9. The lowest BCUT2D eigenvalue weighted by atomic mass is 10.2. The van der Waals surface area contributed by atoms with E-state index in [4.69, 9.17) is 9.47 Å². The monoisotopic (exact) mass is 375 g/mol. The number of carboxylic acids is 2. The van der Waals surface area contributed by atoms with Crippen LogP contribution >= 0.6 is 0 Å². The van der Waals surface area contributed by atoms with Crippen LogP contribution in [-0.4, -0.2) is 129 Å². The first-order chi connectivity index (χ1) is 12.4. The average Bonchev–Trinajstić information content (AvgIpc) is 2.73. The summed E-state index contributed by atoms with van der Waals surface area (Å²) in [6, 6.07) is 0. The molecule has 150 valence electrons. The molecular weight excluding hydrogens is 344 g/mol. The zero-order valence-corrected chi connectivity index (χ0v) is 15.6. The third-order valence-electron chi connectivity index (χ3n) is 5.43.